The van der Waals surface area contributed by atoms with Crippen LogP contribution in [0.2, 0.25) is 0 Å². The lowest BCUT2D eigenvalue weighted by Crippen LogP contribution is -2.14. The minimum Gasteiger partial charge on any atom is -0.438 e. The molecule has 0 atom stereocenters. The predicted molar refractivity (Wildman–Crippen MR) is 232 cm³/mol. The van der Waals surface area contributed by atoms with E-state index in [9.17, 15) is 62.3 Å². The number of hydrogen-bond donors (Lipinski definition) is 0. The van der Waals surface area contributed by atoms with Gasteiger partial charge in [-0.2, -0.15) is 46.7 Å². The lowest BCUT2D eigenvalue weighted by Gasteiger charge is -2.15. The molecule has 0 fully saturated rings. The number of rotatable bonds is 11. The van der Waals surface area contributed by atoms with Gasteiger partial charge < -0.3 is 18.6 Å². The summed E-state index contributed by atoms with van der Waals surface area (Å²) < 4.78 is 178. The summed E-state index contributed by atoms with van der Waals surface area (Å²) in [5, 5.41) is 15.9. The molecule has 0 N–H and O–H groups in total. The van der Waals surface area contributed by atoms with Crippen LogP contribution in [0.5, 0.6) is 23.3 Å². The van der Waals surface area contributed by atoms with Gasteiger partial charge in [0.05, 0.1) is 60.0 Å². The molecule has 73 heavy (non-hydrogen) atoms. The average Bonchev–Trinajstić information content (AvgIpc) is 3.84. The number of amidine groups is 1. The third-order valence-corrected chi connectivity index (χ3v) is 10.5. The summed E-state index contributed by atoms with van der Waals surface area (Å²) in [6.07, 6.45) is -5.61. The molecule has 9 rings (SSSR count). The molecule has 0 saturated heterocycles. The van der Waals surface area contributed by atoms with Gasteiger partial charge in [-0.15, -0.1) is 5.11 Å². The first-order chi connectivity index (χ1) is 34.6. The van der Waals surface area contributed by atoms with Crippen molar-refractivity contribution in [3.05, 3.63) is 187 Å². The molecule has 0 aliphatic carbocycles. The first-order valence-corrected chi connectivity index (χ1v) is 20.7. The molecule has 1 aliphatic heterocycles. The number of benzene rings is 4. The van der Waals surface area contributed by atoms with Gasteiger partial charge in [-0.3, -0.25) is 9.59 Å². The van der Waals surface area contributed by atoms with Crippen molar-refractivity contribution >= 4 is 27.6 Å². The van der Waals surface area contributed by atoms with Crippen LogP contribution in [-0.2, 0) is 38.3 Å². The molecule has 0 spiro atoms. The third kappa shape index (κ3) is 11.5. The zero-order valence-corrected chi connectivity index (χ0v) is 36.4. The number of fused-ring (bicyclic) bond motifs is 2. The summed E-state index contributed by atoms with van der Waals surface area (Å²) in [5.41, 5.74) is -4.30. The van der Waals surface area contributed by atoms with Gasteiger partial charge in [-0.1, -0.05) is 0 Å². The van der Waals surface area contributed by atoms with E-state index in [2.05, 4.69) is 35.2 Å². The van der Waals surface area contributed by atoms with Crippen LogP contribution in [0, 0.1) is 46.2 Å². The molecule has 0 unspecified atom stereocenters. The summed E-state index contributed by atoms with van der Waals surface area (Å²) >= 11 is 0. The number of azo groups is 1. The van der Waals surface area contributed by atoms with Crippen LogP contribution in [0.15, 0.2) is 123 Å². The molecule has 0 radical (unpaired) electrons. The second kappa shape index (κ2) is 20.4. The maximum atomic E-state index is 14.1. The van der Waals surface area contributed by atoms with Crippen molar-refractivity contribution in [1.82, 2.24) is 29.1 Å². The molecule has 4 aromatic carbocycles. The molecular formula is C47H26F12N10O4. The quantitative estimate of drug-likeness (QED) is 0.114. The van der Waals surface area contributed by atoms with Crippen molar-refractivity contribution in [3.63, 3.8) is 0 Å². The Bertz CT molecular complexity index is 3660. The van der Waals surface area contributed by atoms with E-state index in [1.165, 1.54) is 39.6 Å². The average molecular weight is 1020 g/mol. The first-order valence-electron chi connectivity index (χ1n) is 20.7. The molecule has 1 aliphatic rings. The highest BCUT2D eigenvalue weighted by atomic mass is 19.4. The third-order valence-electron chi connectivity index (χ3n) is 10.5. The fourth-order valence-electron chi connectivity index (χ4n) is 7.15. The smallest absolute Gasteiger partial charge is 0.421 e. The Morgan fingerprint density at radius 1 is 0.589 bits per heavy atom. The van der Waals surface area contributed by atoms with E-state index in [1.807, 2.05) is 0 Å². The Labute approximate surface area is 399 Å². The number of ether oxygens (including phenoxy) is 2. The Morgan fingerprint density at radius 2 is 1.03 bits per heavy atom. The highest BCUT2D eigenvalue weighted by Crippen LogP contribution is 2.39. The van der Waals surface area contributed by atoms with Gasteiger partial charge in [-0.25, -0.2) is 41.3 Å². The lowest BCUT2D eigenvalue weighted by molar-refractivity contribution is -0.139. The number of nitrogens with zero attached hydrogens (tertiary/aromatic N) is 10. The molecule has 372 valence electrons. The largest absolute Gasteiger partial charge is 0.438 e. The maximum absolute atomic E-state index is 14.1. The van der Waals surface area contributed by atoms with Gasteiger partial charge in [0.2, 0.25) is 11.8 Å². The van der Waals surface area contributed by atoms with E-state index >= 15 is 0 Å². The molecule has 0 bridgehead atoms. The van der Waals surface area contributed by atoms with E-state index in [0.717, 1.165) is 43.1 Å². The monoisotopic (exact) mass is 1020 g/mol. The van der Waals surface area contributed by atoms with Crippen LogP contribution in [0.4, 0.5) is 52.7 Å². The Kier molecular flexibility index (Phi) is 14.1. The zero-order valence-electron chi connectivity index (χ0n) is 36.4. The standard InChI is InChI=1S/C24H14F6N6O2.C23H12F6N4O2/c25-13-5-18(26)16(19(27)6-13)9-36-11-33-22(37)15-7-14(1-2-20(15)36)38-23-17(24(28,29)30)3-12(8-31-23)4-21-32-10-34-35-21;24-13-6-18(25)16(19(26)7-13)10-33-11-32-21(34)15-8-14(1-2-20(15)33)35-22-17(23(27,28)29)5-12(3-4-30)9-31-22/h1-3,5-8,11H,4,9-10H2;1-2,5-9,11H,3,10H2. The van der Waals surface area contributed by atoms with Crippen LogP contribution >= 0.6 is 0 Å². The van der Waals surface area contributed by atoms with Gasteiger partial charge >= 0.3 is 12.4 Å². The van der Waals surface area contributed by atoms with Crippen LogP contribution in [0.1, 0.15) is 33.4 Å². The minimum atomic E-state index is -4.83. The molecular weight excluding hydrogens is 997 g/mol. The lowest BCUT2D eigenvalue weighted by atomic mass is 10.1. The van der Waals surface area contributed by atoms with Crippen molar-refractivity contribution in [2.24, 2.45) is 15.2 Å². The van der Waals surface area contributed by atoms with E-state index in [1.54, 1.807) is 6.07 Å². The van der Waals surface area contributed by atoms with Gasteiger partial charge in [0, 0.05) is 54.2 Å². The van der Waals surface area contributed by atoms with Gasteiger partial charge in [0.1, 0.15) is 57.5 Å². The van der Waals surface area contributed by atoms with Gasteiger partial charge in [0.25, 0.3) is 11.1 Å². The first kappa shape index (κ1) is 50.4. The highest BCUT2D eigenvalue weighted by molar-refractivity contribution is 5.85. The van der Waals surface area contributed by atoms with E-state index in [0.29, 0.717) is 24.3 Å². The number of hydrogen-bond acceptors (Lipinski definition) is 12. The summed E-state index contributed by atoms with van der Waals surface area (Å²) in [6.45, 7) is -0.765. The van der Waals surface area contributed by atoms with Crippen LogP contribution < -0.4 is 20.6 Å². The molecule has 0 saturated carbocycles. The SMILES string of the molecule is N#CCc1cnc(Oc2ccc3c(c2)c(=O)ncn3Cc2c(F)cc(F)cc2F)c(C(F)(F)F)c1.O=c1ncn(Cc2c(F)cc(F)cc2F)c2ccc(Oc3ncc(CC4=NCN=N4)cc3C(F)(F)F)cc12. The van der Waals surface area contributed by atoms with Crippen LogP contribution in [-0.4, -0.2) is 41.6 Å². The fraction of sp³-hybridized carbons (Fsp3) is 0.149. The van der Waals surface area contributed by atoms with E-state index in [4.69, 9.17) is 14.7 Å². The van der Waals surface area contributed by atoms with E-state index < -0.39 is 105 Å². The molecule has 8 aromatic rings. The van der Waals surface area contributed by atoms with Crippen LogP contribution in [0.25, 0.3) is 21.8 Å². The summed E-state index contributed by atoms with van der Waals surface area (Å²) in [6, 6.07) is 12.8. The number of halogens is 12. The molecule has 4 aromatic heterocycles. The summed E-state index contributed by atoms with van der Waals surface area (Å²) in [4.78, 5) is 43.4. The second-order valence-corrected chi connectivity index (χ2v) is 15.5. The number of aliphatic imine (C=N–C) groups is 1. The fourth-order valence-corrected chi connectivity index (χ4v) is 7.15. The van der Waals surface area contributed by atoms with Crippen molar-refractivity contribution in [2.75, 3.05) is 6.67 Å². The summed E-state index contributed by atoms with van der Waals surface area (Å²) in [5.74, 6) is -8.35. The Morgan fingerprint density at radius 3 is 1.44 bits per heavy atom. The predicted octanol–water partition coefficient (Wildman–Crippen LogP) is 10.6. The van der Waals surface area contributed by atoms with Crippen LogP contribution in [0.3, 0.4) is 0 Å². The highest BCUT2D eigenvalue weighted by Gasteiger charge is 2.37. The van der Waals surface area contributed by atoms with E-state index in [-0.39, 0.29) is 69.8 Å². The number of aromatic nitrogens is 6. The van der Waals surface area contributed by atoms with Crippen molar-refractivity contribution in [3.8, 4) is 29.3 Å². The molecule has 0 amide bonds. The summed E-state index contributed by atoms with van der Waals surface area (Å²) in [7, 11) is 0. The normalized spacial score (nSPS) is 12.4. The molecule has 14 nitrogen and oxygen atoms in total. The number of alkyl halides is 6. The Hall–Kier alpha value is -9.02. The zero-order chi connectivity index (χ0) is 52.4. The van der Waals surface area contributed by atoms with Crippen molar-refractivity contribution in [2.45, 2.75) is 38.3 Å². The number of nitriles is 1. The van der Waals surface area contributed by atoms with Gasteiger partial charge in [-0.05, 0) is 59.7 Å². The Balaban J connectivity index is 0.000000196. The minimum absolute atomic E-state index is 0.00368. The van der Waals surface area contributed by atoms with Crippen molar-refractivity contribution in [1.29, 1.82) is 5.26 Å². The maximum Gasteiger partial charge on any atom is 0.421 e. The van der Waals surface area contributed by atoms with Crippen molar-refractivity contribution < 1.29 is 62.2 Å². The topological polar surface area (TPSA) is 175 Å². The second-order valence-electron chi connectivity index (χ2n) is 15.5. The number of pyridine rings is 2. The van der Waals surface area contributed by atoms with Gasteiger partial charge in [0.15, 0.2) is 12.5 Å². The molecule has 26 heteroatoms. The molecule has 5 heterocycles.